The zero-order valence-electron chi connectivity index (χ0n) is 19.5. The van der Waals surface area contributed by atoms with Crippen LogP contribution in [0.5, 0.6) is 11.5 Å². The predicted octanol–water partition coefficient (Wildman–Crippen LogP) is 4.45. The third-order valence-corrected chi connectivity index (χ3v) is 6.16. The lowest BCUT2D eigenvalue weighted by atomic mass is 10.0. The summed E-state index contributed by atoms with van der Waals surface area (Å²) in [4.78, 5) is 30.6. The number of nitrogens with zero attached hydrogens (tertiary/aromatic N) is 4. The van der Waals surface area contributed by atoms with Crippen molar-refractivity contribution in [3.05, 3.63) is 89.8 Å². The molecule has 3 heterocycles. The van der Waals surface area contributed by atoms with Crippen LogP contribution < -0.4 is 16.2 Å². The molecule has 0 saturated carbocycles. The smallest absolute Gasteiger partial charge is 0.334 e. The normalized spacial score (nSPS) is 17.1. The van der Waals surface area contributed by atoms with Gasteiger partial charge in [-0.1, -0.05) is 24.8 Å². The molecule has 0 bridgehead atoms. The number of pyridine rings is 1. The van der Waals surface area contributed by atoms with E-state index in [0.717, 1.165) is 4.57 Å². The van der Waals surface area contributed by atoms with Crippen molar-refractivity contribution in [3.8, 4) is 17.2 Å². The number of carbonyl (C=O) groups excluding carboxylic acids is 1. The summed E-state index contributed by atoms with van der Waals surface area (Å²) in [5, 5.41) is 0. The van der Waals surface area contributed by atoms with Gasteiger partial charge in [0.05, 0.1) is 23.8 Å². The predicted molar refractivity (Wildman–Crippen MR) is 132 cm³/mol. The summed E-state index contributed by atoms with van der Waals surface area (Å²) in [5.74, 6) is -4.77. The Morgan fingerprint density at radius 3 is 2.43 bits per heavy atom. The Morgan fingerprint density at radius 1 is 1.08 bits per heavy atom. The summed E-state index contributed by atoms with van der Waals surface area (Å²) in [7, 11) is 0. The van der Waals surface area contributed by atoms with Crippen molar-refractivity contribution in [3.63, 3.8) is 0 Å². The number of benzene rings is 2. The van der Waals surface area contributed by atoms with Gasteiger partial charge in [-0.15, -0.1) is 0 Å². The summed E-state index contributed by atoms with van der Waals surface area (Å²) < 4.78 is 51.1. The molecule has 11 heteroatoms. The SMILES string of the molecule is C=C(F)C(=O)N1CC(n2c(=O)n(-c3ccc(Oc4ccccc4)cc3)c3c(N)nccc32)CC(F)(F)C1. The van der Waals surface area contributed by atoms with Crippen LogP contribution in [0.4, 0.5) is 19.0 Å². The van der Waals surface area contributed by atoms with Crippen LogP contribution in [0.2, 0.25) is 0 Å². The lowest BCUT2D eigenvalue weighted by Gasteiger charge is -2.37. The topological polar surface area (TPSA) is 95.4 Å². The van der Waals surface area contributed by atoms with Crippen LogP contribution in [-0.2, 0) is 4.79 Å². The number of likely N-dealkylation sites (tertiary alicyclic amines) is 1. The summed E-state index contributed by atoms with van der Waals surface area (Å²) in [6.07, 6.45) is 0.642. The van der Waals surface area contributed by atoms with E-state index in [1.165, 1.54) is 16.8 Å². The van der Waals surface area contributed by atoms with Gasteiger partial charge in [0, 0.05) is 19.2 Å². The summed E-state index contributed by atoms with van der Waals surface area (Å²) in [6.45, 7) is 1.65. The summed E-state index contributed by atoms with van der Waals surface area (Å²) in [6, 6.07) is 16.1. The molecule has 5 rings (SSSR count). The van der Waals surface area contributed by atoms with E-state index in [0.29, 0.717) is 22.1 Å². The monoisotopic (exact) mass is 509 g/mol. The number of hydrogen-bond donors (Lipinski definition) is 1. The lowest BCUT2D eigenvalue weighted by molar-refractivity contribution is -0.142. The van der Waals surface area contributed by atoms with Gasteiger partial charge in [-0.2, -0.15) is 0 Å². The standard InChI is InChI=1S/C26H22F3N5O3/c1-16(27)24(35)32-14-18(13-26(28,29)15-32)33-21-11-12-31-23(30)22(21)34(25(33)36)17-7-9-20(10-8-17)37-19-5-3-2-4-6-19/h2-12,18H,1,13-15H2,(H2,30,31). The number of para-hydroxylation sites is 1. The third-order valence-electron chi connectivity index (χ3n) is 6.16. The first-order valence-electron chi connectivity index (χ1n) is 11.4. The van der Waals surface area contributed by atoms with E-state index in [1.54, 1.807) is 36.4 Å². The lowest BCUT2D eigenvalue weighted by Crippen LogP contribution is -2.51. The zero-order chi connectivity index (χ0) is 26.3. The second-order valence-electron chi connectivity index (χ2n) is 8.77. The molecule has 4 aromatic rings. The molecule has 1 aliphatic rings. The van der Waals surface area contributed by atoms with Crippen molar-refractivity contribution >= 4 is 22.8 Å². The van der Waals surface area contributed by atoms with Crippen LogP contribution >= 0.6 is 0 Å². The second-order valence-corrected chi connectivity index (χ2v) is 8.77. The molecule has 0 radical (unpaired) electrons. The number of carbonyl (C=O) groups is 1. The van der Waals surface area contributed by atoms with Crippen molar-refractivity contribution in [2.45, 2.75) is 18.4 Å². The number of amides is 1. The van der Waals surface area contributed by atoms with Crippen molar-refractivity contribution in [2.75, 3.05) is 18.8 Å². The number of alkyl halides is 2. The van der Waals surface area contributed by atoms with E-state index >= 15 is 0 Å². The Balaban J connectivity index is 1.58. The van der Waals surface area contributed by atoms with E-state index in [4.69, 9.17) is 10.5 Å². The molecule has 1 aliphatic heterocycles. The highest BCUT2D eigenvalue weighted by Crippen LogP contribution is 2.36. The van der Waals surface area contributed by atoms with Crippen molar-refractivity contribution < 1.29 is 22.7 Å². The van der Waals surface area contributed by atoms with Crippen LogP contribution in [0.15, 0.2) is 84.1 Å². The van der Waals surface area contributed by atoms with E-state index in [2.05, 4.69) is 11.6 Å². The number of fused-ring (bicyclic) bond motifs is 1. The number of piperidine rings is 1. The maximum Gasteiger partial charge on any atom is 0.334 e. The molecule has 37 heavy (non-hydrogen) atoms. The number of halogens is 3. The minimum atomic E-state index is -3.35. The van der Waals surface area contributed by atoms with Crippen LogP contribution in [0.1, 0.15) is 12.5 Å². The fraction of sp³-hybridized carbons (Fsp3) is 0.192. The molecular weight excluding hydrogens is 487 g/mol. The van der Waals surface area contributed by atoms with Crippen LogP contribution in [0, 0.1) is 0 Å². The van der Waals surface area contributed by atoms with E-state index < -0.39 is 42.4 Å². The highest BCUT2D eigenvalue weighted by molar-refractivity contribution is 5.91. The van der Waals surface area contributed by atoms with Gasteiger partial charge >= 0.3 is 5.69 Å². The second kappa shape index (κ2) is 9.16. The van der Waals surface area contributed by atoms with Gasteiger partial charge in [-0.25, -0.2) is 22.9 Å². The number of aromatic nitrogens is 3. The van der Waals surface area contributed by atoms with E-state index in [9.17, 15) is 22.8 Å². The minimum Gasteiger partial charge on any atom is -0.457 e. The number of nitrogens with two attached hydrogens (primary N) is 1. The molecule has 8 nitrogen and oxygen atoms in total. The first-order valence-corrected chi connectivity index (χ1v) is 11.4. The molecule has 1 saturated heterocycles. The van der Waals surface area contributed by atoms with Gasteiger partial charge in [-0.05, 0) is 42.5 Å². The highest BCUT2D eigenvalue weighted by atomic mass is 19.3. The molecule has 0 aliphatic carbocycles. The Kier molecular flexibility index (Phi) is 5.98. The number of imidazole rings is 1. The number of nitrogen functional groups attached to an aromatic ring is 1. The third kappa shape index (κ3) is 4.55. The van der Waals surface area contributed by atoms with Crippen LogP contribution in [0.25, 0.3) is 16.7 Å². The molecule has 2 aromatic carbocycles. The number of ether oxygens (including phenoxy) is 1. The first-order chi connectivity index (χ1) is 17.6. The van der Waals surface area contributed by atoms with Crippen molar-refractivity contribution in [2.24, 2.45) is 0 Å². The van der Waals surface area contributed by atoms with Crippen LogP contribution in [0.3, 0.4) is 0 Å². The molecule has 1 unspecified atom stereocenters. The van der Waals surface area contributed by atoms with Gasteiger partial charge in [0.25, 0.3) is 11.8 Å². The quantitative estimate of drug-likeness (QED) is 0.401. The average Bonchev–Trinajstić information content (AvgIpc) is 3.16. The first kappa shape index (κ1) is 24.2. The van der Waals surface area contributed by atoms with E-state index in [-0.39, 0.29) is 23.4 Å². The molecule has 1 atom stereocenters. The Hall–Kier alpha value is -4.54. The van der Waals surface area contributed by atoms with Gasteiger partial charge in [-0.3, -0.25) is 13.9 Å². The molecular formula is C26H22F3N5O3. The van der Waals surface area contributed by atoms with Crippen molar-refractivity contribution in [1.82, 2.24) is 19.0 Å². The summed E-state index contributed by atoms with van der Waals surface area (Å²) in [5.41, 5.74) is 6.36. The molecule has 1 amide bonds. The fourth-order valence-corrected chi connectivity index (χ4v) is 4.64. The highest BCUT2D eigenvalue weighted by Gasteiger charge is 2.44. The largest absolute Gasteiger partial charge is 0.457 e. The zero-order valence-corrected chi connectivity index (χ0v) is 19.5. The Labute approximate surface area is 209 Å². The molecule has 2 aromatic heterocycles. The average molecular weight is 509 g/mol. The molecule has 1 fully saturated rings. The minimum absolute atomic E-state index is 0.0191. The Morgan fingerprint density at radius 2 is 1.76 bits per heavy atom. The van der Waals surface area contributed by atoms with E-state index in [1.807, 2.05) is 18.2 Å². The number of hydrogen-bond acceptors (Lipinski definition) is 5. The summed E-state index contributed by atoms with van der Waals surface area (Å²) >= 11 is 0. The maximum atomic E-state index is 14.7. The van der Waals surface area contributed by atoms with Crippen LogP contribution in [-0.4, -0.2) is 43.9 Å². The number of anilines is 1. The molecule has 0 spiro atoms. The van der Waals surface area contributed by atoms with Gasteiger partial charge in [0.1, 0.15) is 22.8 Å². The Bertz CT molecular complexity index is 1550. The molecule has 190 valence electrons. The maximum absolute atomic E-state index is 14.7. The number of rotatable bonds is 5. The molecule has 2 N–H and O–H groups in total. The van der Waals surface area contributed by atoms with Gasteiger partial charge in [0.2, 0.25) is 0 Å². The van der Waals surface area contributed by atoms with Gasteiger partial charge in [0.15, 0.2) is 5.83 Å². The van der Waals surface area contributed by atoms with Gasteiger partial charge < -0.3 is 15.4 Å². The fourth-order valence-electron chi connectivity index (χ4n) is 4.64. The van der Waals surface area contributed by atoms with Crippen molar-refractivity contribution in [1.29, 1.82) is 0 Å².